The Labute approximate surface area is 125 Å². The van der Waals surface area contributed by atoms with Gasteiger partial charge >= 0.3 is 5.97 Å². The lowest BCUT2D eigenvalue weighted by molar-refractivity contribution is 0.0693. The van der Waals surface area contributed by atoms with E-state index in [1.54, 1.807) is 12.1 Å². The first kappa shape index (κ1) is 13.9. The monoisotopic (exact) mass is 296 g/mol. The molecule has 2 aromatic carbocycles. The van der Waals surface area contributed by atoms with Gasteiger partial charge < -0.3 is 14.3 Å². The summed E-state index contributed by atoms with van der Waals surface area (Å²) in [7, 11) is 0. The number of carboxylic acids is 1. The standard InChI is InChI=1S/C17H12O5/c18-16-13-7-6-12(21-9-11-4-2-1-3-5-11)8-15(13)22-10-14(16)17(19)20/h1-8,10H,9H2,(H,19,20). The Morgan fingerprint density at radius 3 is 2.64 bits per heavy atom. The highest BCUT2D eigenvalue weighted by atomic mass is 16.5. The molecule has 0 unspecified atom stereocenters. The topological polar surface area (TPSA) is 76.7 Å². The third-order valence-corrected chi connectivity index (χ3v) is 3.22. The van der Waals surface area contributed by atoms with Crippen molar-refractivity contribution in [1.29, 1.82) is 0 Å². The highest BCUT2D eigenvalue weighted by Gasteiger charge is 2.13. The Morgan fingerprint density at radius 2 is 1.91 bits per heavy atom. The van der Waals surface area contributed by atoms with Gasteiger partial charge in [0.25, 0.3) is 0 Å². The Kier molecular flexibility index (Phi) is 3.62. The van der Waals surface area contributed by atoms with E-state index in [1.807, 2.05) is 30.3 Å². The van der Waals surface area contributed by atoms with E-state index in [0.717, 1.165) is 11.8 Å². The second kappa shape index (κ2) is 5.73. The van der Waals surface area contributed by atoms with Crippen LogP contribution in [0.3, 0.4) is 0 Å². The van der Waals surface area contributed by atoms with E-state index >= 15 is 0 Å². The first-order chi connectivity index (χ1) is 10.6. The molecule has 1 aromatic heterocycles. The molecule has 5 nitrogen and oxygen atoms in total. The second-order valence-corrected chi connectivity index (χ2v) is 4.72. The summed E-state index contributed by atoms with van der Waals surface area (Å²) in [6, 6.07) is 14.4. The molecule has 0 saturated heterocycles. The maximum atomic E-state index is 12.0. The summed E-state index contributed by atoms with van der Waals surface area (Å²) in [5.41, 5.74) is 0.361. The molecule has 0 fully saturated rings. The smallest absolute Gasteiger partial charge is 0.342 e. The van der Waals surface area contributed by atoms with Crippen molar-refractivity contribution in [2.45, 2.75) is 6.61 Å². The van der Waals surface area contributed by atoms with Crippen LogP contribution in [0, 0.1) is 0 Å². The van der Waals surface area contributed by atoms with Crippen molar-refractivity contribution in [3.8, 4) is 5.75 Å². The summed E-state index contributed by atoms with van der Waals surface area (Å²) >= 11 is 0. The van der Waals surface area contributed by atoms with Crippen molar-refractivity contribution in [2.24, 2.45) is 0 Å². The Hall–Kier alpha value is -3.08. The Bertz CT molecular complexity index is 880. The molecule has 0 saturated carbocycles. The summed E-state index contributed by atoms with van der Waals surface area (Å²) in [6.07, 6.45) is 0.952. The van der Waals surface area contributed by atoms with E-state index in [-0.39, 0.29) is 10.9 Å². The molecule has 0 spiro atoms. The van der Waals surface area contributed by atoms with Crippen LogP contribution in [-0.2, 0) is 6.61 Å². The third-order valence-electron chi connectivity index (χ3n) is 3.22. The van der Waals surface area contributed by atoms with Gasteiger partial charge in [-0.25, -0.2) is 4.79 Å². The minimum Gasteiger partial charge on any atom is -0.489 e. The number of aromatic carboxylic acids is 1. The molecule has 0 aliphatic rings. The van der Waals surface area contributed by atoms with Gasteiger partial charge in [-0.3, -0.25) is 4.79 Å². The van der Waals surface area contributed by atoms with Gasteiger partial charge in [-0.1, -0.05) is 30.3 Å². The summed E-state index contributed by atoms with van der Waals surface area (Å²) < 4.78 is 10.9. The normalized spacial score (nSPS) is 10.5. The van der Waals surface area contributed by atoms with Crippen LogP contribution in [0.5, 0.6) is 5.75 Å². The molecule has 0 aliphatic heterocycles. The largest absolute Gasteiger partial charge is 0.489 e. The number of hydrogen-bond acceptors (Lipinski definition) is 4. The van der Waals surface area contributed by atoms with Crippen LogP contribution in [-0.4, -0.2) is 11.1 Å². The highest BCUT2D eigenvalue weighted by Crippen LogP contribution is 2.20. The van der Waals surface area contributed by atoms with Crippen LogP contribution >= 0.6 is 0 Å². The Morgan fingerprint density at radius 1 is 1.14 bits per heavy atom. The zero-order chi connectivity index (χ0) is 15.5. The predicted molar refractivity (Wildman–Crippen MR) is 80.2 cm³/mol. The fourth-order valence-electron chi connectivity index (χ4n) is 2.09. The number of carboxylic acid groups (broad SMARTS) is 1. The second-order valence-electron chi connectivity index (χ2n) is 4.72. The molecular formula is C17H12O5. The van der Waals surface area contributed by atoms with Gasteiger partial charge in [0.1, 0.15) is 29.8 Å². The van der Waals surface area contributed by atoms with E-state index in [0.29, 0.717) is 17.9 Å². The van der Waals surface area contributed by atoms with Gasteiger partial charge in [-0.2, -0.15) is 0 Å². The molecule has 0 amide bonds. The minimum absolute atomic E-state index is 0.215. The zero-order valence-electron chi connectivity index (χ0n) is 11.5. The van der Waals surface area contributed by atoms with Gasteiger partial charge in [-0.15, -0.1) is 0 Å². The highest BCUT2D eigenvalue weighted by molar-refractivity contribution is 5.91. The molecule has 0 atom stereocenters. The van der Waals surface area contributed by atoms with Crippen molar-refractivity contribution >= 4 is 16.9 Å². The fourth-order valence-corrected chi connectivity index (χ4v) is 2.09. The number of carbonyl (C=O) groups is 1. The van der Waals surface area contributed by atoms with Crippen molar-refractivity contribution in [3.05, 3.63) is 76.1 Å². The number of hydrogen-bond donors (Lipinski definition) is 1. The molecule has 1 N–H and O–H groups in total. The van der Waals surface area contributed by atoms with Gasteiger partial charge in [0.15, 0.2) is 0 Å². The maximum Gasteiger partial charge on any atom is 0.342 e. The molecular weight excluding hydrogens is 284 g/mol. The van der Waals surface area contributed by atoms with Crippen LogP contribution in [0.4, 0.5) is 0 Å². The third kappa shape index (κ3) is 2.69. The summed E-state index contributed by atoms with van der Waals surface area (Å²) in [4.78, 5) is 22.9. The van der Waals surface area contributed by atoms with Gasteiger partial charge in [-0.05, 0) is 17.7 Å². The van der Waals surface area contributed by atoms with E-state index < -0.39 is 11.4 Å². The van der Waals surface area contributed by atoms with Gasteiger partial charge in [0.05, 0.1) is 5.39 Å². The summed E-state index contributed by atoms with van der Waals surface area (Å²) in [5.74, 6) is -0.761. The number of ether oxygens (including phenoxy) is 1. The molecule has 1 heterocycles. The first-order valence-corrected chi connectivity index (χ1v) is 6.61. The molecule has 0 aliphatic carbocycles. The van der Waals surface area contributed by atoms with E-state index in [9.17, 15) is 9.59 Å². The minimum atomic E-state index is -1.31. The van der Waals surface area contributed by atoms with Crippen molar-refractivity contribution in [2.75, 3.05) is 0 Å². The van der Waals surface area contributed by atoms with Crippen LogP contribution in [0.1, 0.15) is 15.9 Å². The zero-order valence-corrected chi connectivity index (χ0v) is 11.5. The predicted octanol–water partition coefficient (Wildman–Crippen LogP) is 3.07. The molecule has 3 aromatic rings. The van der Waals surface area contributed by atoms with Crippen molar-refractivity contribution < 1.29 is 19.1 Å². The number of fused-ring (bicyclic) bond motifs is 1. The lowest BCUT2D eigenvalue weighted by atomic mass is 10.1. The van der Waals surface area contributed by atoms with Crippen LogP contribution in [0.15, 0.2) is 64.0 Å². The first-order valence-electron chi connectivity index (χ1n) is 6.61. The van der Waals surface area contributed by atoms with Crippen LogP contribution in [0.25, 0.3) is 11.0 Å². The summed E-state index contributed by atoms with van der Waals surface area (Å²) in [6.45, 7) is 0.393. The molecule has 5 heteroatoms. The SMILES string of the molecule is O=C(O)c1coc2cc(OCc3ccccc3)ccc2c1=O. The Balaban J connectivity index is 1.89. The van der Waals surface area contributed by atoms with Crippen molar-refractivity contribution in [3.63, 3.8) is 0 Å². The quantitative estimate of drug-likeness (QED) is 0.800. The molecule has 110 valence electrons. The average molecular weight is 296 g/mol. The maximum absolute atomic E-state index is 12.0. The average Bonchev–Trinajstić information content (AvgIpc) is 2.54. The molecule has 0 bridgehead atoms. The number of rotatable bonds is 4. The van der Waals surface area contributed by atoms with Gasteiger partial charge in [0, 0.05) is 6.07 Å². The molecule has 22 heavy (non-hydrogen) atoms. The fraction of sp³-hybridized carbons (Fsp3) is 0.0588. The molecule has 0 radical (unpaired) electrons. The molecule has 3 rings (SSSR count). The van der Waals surface area contributed by atoms with E-state index in [1.165, 1.54) is 6.07 Å². The lowest BCUT2D eigenvalue weighted by Crippen LogP contribution is -2.14. The van der Waals surface area contributed by atoms with Crippen LogP contribution < -0.4 is 10.2 Å². The lowest BCUT2D eigenvalue weighted by Gasteiger charge is -2.07. The number of benzene rings is 2. The van der Waals surface area contributed by atoms with E-state index in [2.05, 4.69) is 0 Å². The van der Waals surface area contributed by atoms with Crippen molar-refractivity contribution in [1.82, 2.24) is 0 Å². The van der Waals surface area contributed by atoms with Crippen LogP contribution in [0.2, 0.25) is 0 Å². The van der Waals surface area contributed by atoms with E-state index in [4.69, 9.17) is 14.3 Å². The van der Waals surface area contributed by atoms with Gasteiger partial charge in [0.2, 0.25) is 5.43 Å². The summed E-state index contributed by atoms with van der Waals surface area (Å²) in [5, 5.41) is 9.12.